The van der Waals surface area contributed by atoms with E-state index in [-0.39, 0.29) is 24.8 Å². The summed E-state index contributed by atoms with van der Waals surface area (Å²) in [5.74, 6) is 0. The SMILES string of the molecule is Cl.Cl.FC(F)[C@@H](c1ccc(Br)cc1)N1CCNCC1. The van der Waals surface area contributed by atoms with E-state index in [0.29, 0.717) is 18.7 Å². The third kappa shape index (κ3) is 5.16. The zero-order valence-corrected chi connectivity index (χ0v) is 13.4. The molecule has 0 aliphatic carbocycles. The predicted molar refractivity (Wildman–Crippen MR) is 81.8 cm³/mol. The smallest absolute Gasteiger partial charge is 0.258 e. The van der Waals surface area contributed by atoms with E-state index in [9.17, 15) is 8.78 Å². The van der Waals surface area contributed by atoms with E-state index in [1.54, 1.807) is 12.1 Å². The van der Waals surface area contributed by atoms with Crippen molar-refractivity contribution in [3.8, 4) is 0 Å². The maximum atomic E-state index is 13.2. The first-order chi connectivity index (χ1) is 8.18. The Labute approximate surface area is 132 Å². The summed E-state index contributed by atoms with van der Waals surface area (Å²) in [6.07, 6.45) is -2.35. The first kappa shape index (κ1) is 19.1. The molecule has 0 aromatic heterocycles. The fourth-order valence-electron chi connectivity index (χ4n) is 2.14. The molecule has 1 saturated heterocycles. The van der Waals surface area contributed by atoms with E-state index >= 15 is 0 Å². The molecule has 1 heterocycles. The van der Waals surface area contributed by atoms with Crippen LogP contribution in [0.2, 0.25) is 0 Å². The van der Waals surface area contributed by atoms with E-state index in [4.69, 9.17) is 0 Å². The maximum absolute atomic E-state index is 13.2. The summed E-state index contributed by atoms with van der Waals surface area (Å²) in [6.45, 7) is 2.90. The maximum Gasteiger partial charge on any atom is 0.258 e. The van der Waals surface area contributed by atoms with Crippen LogP contribution in [0.5, 0.6) is 0 Å². The second-order valence-corrected chi connectivity index (χ2v) is 5.03. The van der Waals surface area contributed by atoms with Crippen LogP contribution in [0.25, 0.3) is 0 Å². The van der Waals surface area contributed by atoms with Gasteiger partial charge in [-0.3, -0.25) is 4.90 Å². The van der Waals surface area contributed by atoms with Crippen molar-refractivity contribution in [1.82, 2.24) is 10.2 Å². The summed E-state index contributed by atoms with van der Waals surface area (Å²) >= 11 is 3.32. The number of halogens is 5. The fraction of sp³-hybridized carbons (Fsp3) is 0.500. The van der Waals surface area contributed by atoms with Gasteiger partial charge in [0.05, 0.1) is 6.04 Å². The van der Waals surface area contributed by atoms with Gasteiger partial charge in [0, 0.05) is 30.7 Å². The van der Waals surface area contributed by atoms with Crippen molar-refractivity contribution >= 4 is 40.7 Å². The Balaban J connectivity index is 0.00000162. The van der Waals surface area contributed by atoms with Gasteiger partial charge >= 0.3 is 0 Å². The molecule has 2 rings (SSSR count). The number of alkyl halides is 2. The number of rotatable bonds is 3. The molecule has 0 saturated carbocycles. The van der Waals surface area contributed by atoms with Gasteiger partial charge in [0.15, 0.2) is 0 Å². The molecule has 1 aromatic rings. The van der Waals surface area contributed by atoms with Gasteiger partial charge in [-0.25, -0.2) is 8.78 Å². The normalized spacial score (nSPS) is 17.5. The highest BCUT2D eigenvalue weighted by Crippen LogP contribution is 2.28. The molecule has 110 valence electrons. The van der Waals surface area contributed by atoms with Crippen molar-refractivity contribution < 1.29 is 8.78 Å². The molecule has 0 amide bonds. The predicted octanol–water partition coefficient (Wildman–Crippen LogP) is 3.50. The fourth-order valence-corrected chi connectivity index (χ4v) is 2.40. The van der Waals surface area contributed by atoms with Crippen LogP contribution in [0.4, 0.5) is 8.78 Å². The molecular formula is C12H17BrCl2F2N2. The van der Waals surface area contributed by atoms with E-state index < -0.39 is 12.5 Å². The topological polar surface area (TPSA) is 15.3 Å². The van der Waals surface area contributed by atoms with E-state index in [2.05, 4.69) is 21.2 Å². The molecule has 0 radical (unpaired) electrons. The summed E-state index contributed by atoms with van der Waals surface area (Å²) in [7, 11) is 0. The molecule has 0 unspecified atom stereocenters. The monoisotopic (exact) mass is 376 g/mol. The van der Waals surface area contributed by atoms with Crippen molar-refractivity contribution in [2.24, 2.45) is 0 Å². The summed E-state index contributed by atoms with van der Waals surface area (Å²) in [4.78, 5) is 1.85. The molecule has 2 nitrogen and oxygen atoms in total. The third-order valence-corrected chi connectivity index (χ3v) is 3.52. The molecule has 1 aliphatic heterocycles. The van der Waals surface area contributed by atoms with Crippen LogP contribution in [-0.2, 0) is 0 Å². The lowest BCUT2D eigenvalue weighted by molar-refractivity contribution is 0.0182. The van der Waals surface area contributed by atoms with Gasteiger partial charge < -0.3 is 5.32 Å². The number of benzene rings is 1. The molecule has 1 aliphatic rings. The summed E-state index contributed by atoms with van der Waals surface area (Å²) in [6, 6.07) is 6.37. The molecule has 1 atom stereocenters. The number of hydrogen-bond acceptors (Lipinski definition) is 2. The first-order valence-corrected chi connectivity index (χ1v) is 6.46. The van der Waals surface area contributed by atoms with Crippen molar-refractivity contribution in [2.45, 2.75) is 12.5 Å². The molecule has 7 heteroatoms. The van der Waals surface area contributed by atoms with Crippen molar-refractivity contribution in [2.75, 3.05) is 26.2 Å². The number of nitrogens with zero attached hydrogens (tertiary/aromatic N) is 1. The second-order valence-electron chi connectivity index (χ2n) is 4.12. The zero-order chi connectivity index (χ0) is 12.3. The number of piperazine rings is 1. The third-order valence-electron chi connectivity index (χ3n) is 3.00. The average Bonchev–Trinajstić information content (AvgIpc) is 2.33. The van der Waals surface area contributed by atoms with Gasteiger partial charge in [-0.2, -0.15) is 0 Å². The van der Waals surface area contributed by atoms with Crippen LogP contribution in [-0.4, -0.2) is 37.5 Å². The van der Waals surface area contributed by atoms with Crippen LogP contribution < -0.4 is 5.32 Å². The quantitative estimate of drug-likeness (QED) is 0.867. The van der Waals surface area contributed by atoms with Gasteiger partial charge in [-0.05, 0) is 17.7 Å². The minimum atomic E-state index is -2.35. The lowest BCUT2D eigenvalue weighted by Gasteiger charge is -2.34. The van der Waals surface area contributed by atoms with Crippen molar-refractivity contribution in [3.63, 3.8) is 0 Å². The minimum Gasteiger partial charge on any atom is -0.314 e. The van der Waals surface area contributed by atoms with E-state index in [1.165, 1.54) is 0 Å². The summed E-state index contributed by atoms with van der Waals surface area (Å²) in [5.41, 5.74) is 0.685. The van der Waals surface area contributed by atoms with E-state index in [1.807, 2.05) is 17.0 Å². The van der Waals surface area contributed by atoms with Crippen LogP contribution in [0, 0.1) is 0 Å². The lowest BCUT2D eigenvalue weighted by Crippen LogP contribution is -2.46. The van der Waals surface area contributed by atoms with Gasteiger partial charge in [-0.1, -0.05) is 28.1 Å². The summed E-state index contributed by atoms with van der Waals surface area (Å²) < 4.78 is 27.3. The molecule has 1 aromatic carbocycles. The largest absolute Gasteiger partial charge is 0.314 e. The van der Waals surface area contributed by atoms with E-state index in [0.717, 1.165) is 17.6 Å². The van der Waals surface area contributed by atoms with Crippen LogP contribution >= 0.6 is 40.7 Å². The van der Waals surface area contributed by atoms with Crippen molar-refractivity contribution in [1.29, 1.82) is 0 Å². The molecule has 1 N–H and O–H groups in total. The molecule has 1 fully saturated rings. The molecule has 19 heavy (non-hydrogen) atoms. The summed E-state index contributed by atoms with van der Waals surface area (Å²) in [5, 5.41) is 3.18. The Morgan fingerprint density at radius 1 is 1.05 bits per heavy atom. The highest BCUT2D eigenvalue weighted by Gasteiger charge is 2.29. The molecule has 0 spiro atoms. The zero-order valence-electron chi connectivity index (χ0n) is 10.2. The van der Waals surface area contributed by atoms with Gasteiger partial charge in [-0.15, -0.1) is 24.8 Å². The second kappa shape index (κ2) is 9.08. The Bertz CT molecular complexity index is 359. The van der Waals surface area contributed by atoms with Crippen molar-refractivity contribution in [3.05, 3.63) is 34.3 Å². The highest BCUT2D eigenvalue weighted by molar-refractivity contribution is 9.10. The van der Waals surface area contributed by atoms with Crippen LogP contribution in [0.1, 0.15) is 11.6 Å². The Morgan fingerprint density at radius 3 is 2.05 bits per heavy atom. The number of nitrogens with one attached hydrogen (secondary N) is 1. The average molecular weight is 378 g/mol. The van der Waals surface area contributed by atoms with Gasteiger partial charge in [0.25, 0.3) is 6.43 Å². The Kier molecular flexibility index (Phi) is 9.11. The van der Waals surface area contributed by atoms with Gasteiger partial charge in [0.2, 0.25) is 0 Å². The number of hydrogen-bond donors (Lipinski definition) is 1. The van der Waals surface area contributed by atoms with Crippen LogP contribution in [0.15, 0.2) is 28.7 Å². The van der Waals surface area contributed by atoms with Crippen LogP contribution in [0.3, 0.4) is 0 Å². The Hall–Kier alpha value is 0.0600. The Morgan fingerprint density at radius 2 is 1.58 bits per heavy atom. The molecule has 0 bridgehead atoms. The van der Waals surface area contributed by atoms with Gasteiger partial charge in [0.1, 0.15) is 0 Å². The molecular weight excluding hydrogens is 361 g/mol. The standard InChI is InChI=1S/C12H15BrF2N2.2ClH/c13-10-3-1-9(2-4-10)11(12(14)15)17-7-5-16-6-8-17;;/h1-4,11-12,16H,5-8H2;2*1H/t11-;;/m1../s1. The lowest BCUT2D eigenvalue weighted by atomic mass is 10.1. The highest BCUT2D eigenvalue weighted by atomic mass is 79.9. The first-order valence-electron chi connectivity index (χ1n) is 5.67. The minimum absolute atomic E-state index is 0.